The number of hydrogen-bond donors (Lipinski definition) is 1. The fourth-order valence-electron chi connectivity index (χ4n) is 2.24. The second-order valence-electron chi connectivity index (χ2n) is 5.02. The zero-order chi connectivity index (χ0) is 15.3. The van der Waals surface area contributed by atoms with Crippen molar-refractivity contribution in [2.24, 2.45) is 11.8 Å². The highest BCUT2D eigenvalue weighted by atomic mass is 16.5. The van der Waals surface area contributed by atoms with Gasteiger partial charge in [0.15, 0.2) is 0 Å². The van der Waals surface area contributed by atoms with Gasteiger partial charge in [-0.1, -0.05) is 6.92 Å². The standard InChI is InChI=1S/C13H22N2O5/c1-4-14(7-9(2)11(16)17)13(19)15-6-5-10(8-15)12(18)20-3/h9-10H,4-8H2,1-3H3,(H,16,17). The van der Waals surface area contributed by atoms with Crippen LogP contribution in [-0.4, -0.2) is 66.2 Å². The molecule has 1 N–H and O–H groups in total. The first kappa shape index (κ1) is 16.3. The van der Waals surface area contributed by atoms with E-state index in [1.165, 1.54) is 12.0 Å². The summed E-state index contributed by atoms with van der Waals surface area (Å²) in [5.41, 5.74) is 0. The molecule has 1 saturated heterocycles. The Morgan fingerprint density at radius 1 is 1.45 bits per heavy atom. The lowest BCUT2D eigenvalue weighted by atomic mass is 10.1. The van der Waals surface area contributed by atoms with E-state index < -0.39 is 11.9 Å². The van der Waals surface area contributed by atoms with Gasteiger partial charge >= 0.3 is 18.0 Å². The van der Waals surface area contributed by atoms with Gasteiger partial charge in [0.25, 0.3) is 0 Å². The van der Waals surface area contributed by atoms with Crippen LogP contribution in [0.3, 0.4) is 0 Å². The minimum atomic E-state index is -0.926. The van der Waals surface area contributed by atoms with E-state index in [9.17, 15) is 14.4 Å². The predicted octanol–water partition coefficient (Wildman–Crippen LogP) is 0.644. The molecule has 0 aromatic heterocycles. The van der Waals surface area contributed by atoms with Gasteiger partial charge in [-0.2, -0.15) is 0 Å². The van der Waals surface area contributed by atoms with Gasteiger partial charge in [0, 0.05) is 26.2 Å². The molecule has 0 aliphatic carbocycles. The maximum Gasteiger partial charge on any atom is 0.320 e. The molecule has 2 atom stereocenters. The van der Waals surface area contributed by atoms with Crippen LogP contribution >= 0.6 is 0 Å². The second-order valence-corrected chi connectivity index (χ2v) is 5.02. The number of ether oxygens (including phenoxy) is 1. The molecule has 0 aromatic carbocycles. The third kappa shape index (κ3) is 3.85. The van der Waals surface area contributed by atoms with Crippen molar-refractivity contribution in [2.45, 2.75) is 20.3 Å². The van der Waals surface area contributed by atoms with Crippen LogP contribution < -0.4 is 0 Å². The smallest absolute Gasteiger partial charge is 0.320 e. The van der Waals surface area contributed by atoms with Crippen molar-refractivity contribution in [3.8, 4) is 0 Å². The number of likely N-dealkylation sites (tertiary alicyclic amines) is 1. The van der Waals surface area contributed by atoms with E-state index in [0.29, 0.717) is 26.1 Å². The van der Waals surface area contributed by atoms with Crippen LogP contribution in [0.2, 0.25) is 0 Å². The third-order valence-corrected chi connectivity index (χ3v) is 3.56. The summed E-state index contributed by atoms with van der Waals surface area (Å²) < 4.78 is 4.68. The van der Waals surface area contributed by atoms with Crippen LogP contribution in [-0.2, 0) is 14.3 Å². The lowest BCUT2D eigenvalue weighted by molar-refractivity contribution is -0.145. The predicted molar refractivity (Wildman–Crippen MR) is 71.1 cm³/mol. The number of carbonyl (C=O) groups excluding carboxylic acids is 2. The molecule has 2 amide bonds. The largest absolute Gasteiger partial charge is 0.481 e. The summed E-state index contributed by atoms with van der Waals surface area (Å²) in [5, 5.41) is 8.91. The molecule has 1 fully saturated rings. The van der Waals surface area contributed by atoms with Gasteiger partial charge in [0.2, 0.25) is 0 Å². The SMILES string of the molecule is CCN(CC(C)C(=O)O)C(=O)N1CCC(C(=O)OC)C1. The molecule has 1 aliphatic heterocycles. The molecule has 0 bridgehead atoms. The number of hydrogen-bond acceptors (Lipinski definition) is 4. The minimum absolute atomic E-state index is 0.171. The Morgan fingerprint density at radius 2 is 2.10 bits per heavy atom. The highest BCUT2D eigenvalue weighted by Gasteiger charge is 2.34. The summed E-state index contributed by atoms with van der Waals surface area (Å²) in [6.07, 6.45) is 0.588. The van der Waals surface area contributed by atoms with Crippen LogP contribution in [0.5, 0.6) is 0 Å². The Kier molecular flexibility index (Phi) is 5.79. The molecule has 2 unspecified atom stereocenters. The highest BCUT2D eigenvalue weighted by Crippen LogP contribution is 2.19. The lowest BCUT2D eigenvalue weighted by Crippen LogP contribution is -2.45. The van der Waals surface area contributed by atoms with E-state index in [-0.39, 0.29) is 24.5 Å². The molecule has 0 spiro atoms. The number of carbonyl (C=O) groups is 3. The van der Waals surface area contributed by atoms with E-state index in [1.807, 2.05) is 0 Å². The van der Waals surface area contributed by atoms with E-state index >= 15 is 0 Å². The summed E-state index contributed by atoms with van der Waals surface area (Å²) in [7, 11) is 1.33. The van der Waals surface area contributed by atoms with E-state index in [0.717, 1.165) is 0 Å². The molecule has 20 heavy (non-hydrogen) atoms. The summed E-state index contributed by atoms with van der Waals surface area (Å²) in [4.78, 5) is 37.7. The fourth-order valence-corrected chi connectivity index (χ4v) is 2.24. The zero-order valence-electron chi connectivity index (χ0n) is 12.2. The number of carboxylic acid groups (broad SMARTS) is 1. The van der Waals surface area contributed by atoms with Crippen molar-refractivity contribution in [3.63, 3.8) is 0 Å². The fraction of sp³-hybridized carbons (Fsp3) is 0.769. The van der Waals surface area contributed by atoms with Gasteiger partial charge in [0.1, 0.15) is 0 Å². The first-order valence-electron chi connectivity index (χ1n) is 6.75. The Hall–Kier alpha value is -1.79. The summed E-state index contributed by atoms with van der Waals surface area (Å²) in [6, 6.07) is -0.216. The molecule has 7 heteroatoms. The number of aliphatic carboxylic acids is 1. The zero-order valence-corrected chi connectivity index (χ0v) is 12.2. The Morgan fingerprint density at radius 3 is 2.60 bits per heavy atom. The first-order chi connectivity index (χ1) is 9.40. The Balaban J connectivity index is 2.60. The molecular weight excluding hydrogens is 264 g/mol. The summed E-state index contributed by atoms with van der Waals surface area (Å²) >= 11 is 0. The first-order valence-corrected chi connectivity index (χ1v) is 6.75. The molecule has 1 aliphatic rings. The molecule has 0 saturated carbocycles. The second kappa shape index (κ2) is 7.12. The van der Waals surface area contributed by atoms with Crippen LogP contribution in [0.15, 0.2) is 0 Å². The van der Waals surface area contributed by atoms with E-state index in [1.54, 1.807) is 18.7 Å². The van der Waals surface area contributed by atoms with Crippen molar-refractivity contribution in [2.75, 3.05) is 33.3 Å². The van der Waals surface area contributed by atoms with Gasteiger partial charge < -0.3 is 19.6 Å². The number of rotatable bonds is 5. The maximum absolute atomic E-state index is 12.3. The number of methoxy groups -OCH3 is 1. The lowest BCUT2D eigenvalue weighted by Gasteiger charge is -2.28. The van der Waals surface area contributed by atoms with Crippen molar-refractivity contribution < 1.29 is 24.2 Å². The minimum Gasteiger partial charge on any atom is -0.481 e. The number of carboxylic acids is 1. The summed E-state index contributed by atoms with van der Waals surface area (Å²) in [5.74, 6) is -2.12. The maximum atomic E-state index is 12.3. The molecule has 7 nitrogen and oxygen atoms in total. The molecule has 1 rings (SSSR count). The molecule has 1 heterocycles. The van der Waals surface area contributed by atoms with Gasteiger partial charge in [-0.05, 0) is 13.3 Å². The normalized spacial score (nSPS) is 19.6. The third-order valence-electron chi connectivity index (χ3n) is 3.56. The highest BCUT2D eigenvalue weighted by molar-refractivity contribution is 5.79. The monoisotopic (exact) mass is 286 g/mol. The number of amides is 2. The van der Waals surface area contributed by atoms with E-state index in [4.69, 9.17) is 5.11 Å². The van der Waals surface area contributed by atoms with Crippen molar-refractivity contribution in [1.29, 1.82) is 0 Å². The summed E-state index contributed by atoms with van der Waals surface area (Å²) in [6.45, 7) is 4.82. The van der Waals surface area contributed by atoms with E-state index in [2.05, 4.69) is 4.74 Å². The van der Waals surface area contributed by atoms with Crippen LogP contribution in [0.1, 0.15) is 20.3 Å². The Bertz CT molecular complexity index is 385. The van der Waals surface area contributed by atoms with Gasteiger partial charge in [-0.15, -0.1) is 0 Å². The van der Waals surface area contributed by atoms with Crippen LogP contribution in [0.25, 0.3) is 0 Å². The molecule has 0 radical (unpaired) electrons. The van der Waals surface area contributed by atoms with Gasteiger partial charge in [0.05, 0.1) is 18.9 Å². The quantitative estimate of drug-likeness (QED) is 0.750. The van der Waals surface area contributed by atoms with Crippen molar-refractivity contribution >= 4 is 18.0 Å². The average Bonchev–Trinajstić information content (AvgIpc) is 2.92. The van der Waals surface area contributed by atoms with Gasteiger partial charge in [-0.3, -0.25) is 9.59 Å². The number of esters is 1. The van der Waals surface area contributed by atoms with Gasteiger partial charge in [-0.25, -0.2) is 4.79 Å². The topological polar surface area (TPSA) is 87.2 Å². The van der Waals surface area contributed by atoms with Crippen LogP contribution in [0, 0.1) is 11.8 Å². The average molecular weight is 286 g/mol. The van der Waals surface area contributed by atoms with Crippen molar-refractivity contribution in [1.82, 2.24) is 9.80 Å². The molecule has 0 aromatic rings. The van der Waals surface area contributed by atoms with Crippen molar-refractivity contribution in [3.05, 3.63) is 0 Å². The molecule has 114 valence electrons. The van der Waals surface area contributed by atoms with Crippen LogP contribution in [0.4, 0.5) is 4.79 Å². The number of urea groups is 1. The molecular formula is C13H22N2O5. The number of nitrogens with zero attached hydrogens (tertiary/aromatic N) is 2. The Labute approximate surface area is 118 Å².